The van der Waals surface area contributed by atoms with Crippen LogP contribution in [0.3, 0.4) is 0 Å². The van der Waals surface area contributed by atoms with Gasteiger partial charge >= 0.3 is 24.7 Å². The molecule has 1 aromatic rings. The third kappa shape index (κ3) is 6.58. The second kappa shape index (κ2) is 9.87. The van der Waals surface area contributed by atoms with Crippen LogP contribution in [-0.4, -0.2) is 46.5 Å². The number of anilines is 1. The van der Waals surface area contributed by atoms with Crippen molar-refractivity contribution in [2.45, 2.75) is 43.5 Å². The molecule has 1 N–H and O–H groups in total. The monoisotopic (exact) mass is 632 g/mol. The van der Waals surface area contributed by atoms with Crippen LogP contribution >= 0.6 is 22.6 Å². The molecule has 2 rings (SSSR count). The number of aliphatic hydroxyl groups is 1. The zero-order chi connectivity index (χ0) is 26.3. The van der Waals surface area contributed by atoms with Gasteiger partial charge < -0.3 is 9.84 Å². The largest absolute Gasteiger partial charge is 0.431 e. The van der Waals surface area contributed by atoms with Crippen LogP contribution in [0.15, 0.2) is 23.3 Å². The fraction of sp³-hybridized carbons (Fsp3) is 0.588. The van der Waals surface area contributed by atoms with E-state index in [1.165, 1.54) is 0 Å². The van der Waals surface area contributed by atoms with Crippen molar-refractivity contribution < 1.29 is 62.5 Å². The lowest BCUT2D eigenvalue weighted by Gasteiger charge is -2.31. The standard InChI is InChI=1S/C17H13F12IN2O2/c18-14(19,20)7-4-8(15(21,22)23)6-9(5-7)32-13(33)10(11(31-32)16(24,25)26)12(17(27,28)29)34-3-1-2-30/h4-6,10,12-13,33H,1-3H2. The minimum Gasteiger partial charge on any atom is -0.371 e. The van der Waals surface area contributed by atoms with E-state index in [0.717, 1.165) is 0 Å². The van der Waals surface area contributed by atoms with Crippen LogP contribution in [0, 0.1) is 5.92 Å². The molecule has 4 nitrogen and oxygen atoms in total. The molecule has 0 amide bonds. The first-order chi connectivity index (χ1) is 15.3. The Bertz CT molecular complexity index is 862. The van der Waals surface area contributed by atoms with Crippen LogP contribution in [0.25, 0.3) is 0 Å². The molecule has 1 aliphatic heterocycles. The second-order valence-corrected chi connectivity index (χ2v) is 7.99. The molecule has 0 saturated heterocycles. The zero-order valence-corrected chi connectivity index (χ0v) is 18.4. The quantitative estimate of drug-likeness (QED) is 0.177. The second-order valence-electron chi connectivity index (χ2n) is 6.91. The van der Waals surface area contributed by atoms with E-state index >= 15 is 0 Å². The Labute approximate surface area is 196 Å². The van der Waals surface area contributed by atoms with Gasteiger partial charge in [-0.05, 0) is 24.6 Å². The highest BCUT2D eigenvalue weighted by atomic mass is 127. The van der Waals surface area contributed by atoms with Crippen molar-refractivity contribution in [1.29, 1.82) is 0 Å². The van der Waals surface area contributed by atoms with Gasteiger partial charge in [-0.2, -0.15) is 57.8 Å². The Hall–Kier alpha value is -1.50. The van der Waals surface area contributed by atoms with Gasteiger partial charge in [-0.15, -0.1) is 0 Å². The molecule has 1 heterocycles. The van der Waals surface area contributed by atoms with E-state index in [-0.39, 0.29) is 34.1 Å². The summed E-state index contributed by atoms with van der Waals surface area (Å²) in [5, 5.41) is 12.7. The molecule has 0 spiro atoms. The minimum absolute atomic E-state index is 0.0270. The van der Waals surface area contributed by atoms with Crippen molar-refractivity contribution in [1.82, 2.24) is 0 Å². The molecule has 17 heteroatoms. The predicted molar refractivity (Wildman–Crippen MR) is 101 cm³/mol. The van der Waals surface area contributed by atoms with Gasteiger partial charge in [0.2, 0.25) is 0 Å². The maximum Gasteiger partial charge on any atom is 0.431 e. The molecule has 0 radical (unpaired) electrons. The number of hydrazone groups is 1. The number of nitrogens with zero attached hydrogens (tertiary/aromatic N) is 2. The molecule has 0 saturated carbocycles. The highest BCUT2D eigenvalue weighted by Gasteiger charge is 2.60. The summed E-state index contributed by atoms with van der Waals surface area (Å²) in [4.78, 5) is 0. The Morgan fingerprint density at radius 1 is 0.882 bits per heavy atom. The lowest BCUT2D eigenvalue weighted by atomic mass is 9.94. The summed E-state index contributed by atoms with van der Waals surface area (Å²) < 4.78 is 164. The zero-order valence-electron chi connectivity index (χ0n) is 16.2. The van der Waals surface area contributed by atoms with Crippen molar-refractivity contribution >= 4 is 34.0 Å². The van der Waals surface area contributed by atoms with Crippen LogP contribution in [0.2, 0.25) is 0 Å². The molecule has 1 aromatic carbocycles. The molecule has 0 aromatic heterocycles. The third-order valence-corrected chi connectivity index (χ3v) is 5.22. The van der Waals surface area contributed by atoms with Crippen molar-refractivity contribution in [2.24, 2.45) is 11.0 Å². The molecule has 3 atom stereocenters. The van der Waals surface area contributed by atoms with Crippen LogP contribution in [0.1, 0.15) is 17.5 Å². The Balaban J connectivity index is 2.65. The average Bonchev–Trinajstić information content (AvgIpc) is 3.00. The summed E-state index contributed by atoms with van der Waals surface area (Å²) in [6.07, 6.45) is -28.2. The molecule has 0 fully saturated rings. The molecule has 0 aliphatic carbocycles. The topological polar surface area (TPSA) is 45.1 Å². The molecular weight excluding hydrogens is 619 g/mol. The van der Waals surface area contributed by atoms with Gasteiger partial charge in [-0.1, -0.05) is 22.6 Å². The highest BCUT2D eigenvalue weighted by molar-refractivity contribution is 14.1. The third-order valence-electron chi connectivity index (χ3n) is 4.45. The van der Waals surface area contributed by atoms with Gasteiger partial charge in [0, 0.05) is 11.0 Å². The molecule has 0 bridgehead atoms. The lowest BCUT2D eigenvalue weighted by molar-refractivity contribution is -0.237. The summed E-state index contributed by atoms with van der Waals surface area (Å²) in [5.41, 5.74) is -7.57. The van der Waals surface area contributed by atoms with Gasteiger partial charge in [-0.3, -0.25) is 0 Å². The van der Waals surface area contributed by atoms with Crippen LogP contribution in [0.4, 0.5) is 58.4 Å². The smallest absolute Gasteiger partial charge is 0.371 e. The summed E-state index contributed by atoms with van der Waals surface area (Å²) in [7, 11) is 0. The normalized spacial score (nSPS) is 21.1. The van der Waals surface area contributed by atoms with Gasteiger partial charge in [0.1, 0.15) is 0 Å². The molecule has 194 valence electrons. The first-order valence-electron chi connectivity index (χ1n) is 8.95. The summed E-state index contributed by atoms with van der Waals surface area (Å²) in [6.45, 7) is -0.691. The molecule has 34 heavy (non-hydrogen) atoms. The van der Waals surface area contributed by atoms with Crippen molar-refractivity contribution in [3.8, 4) is 0 Å². The van der Waals surface area contributed by atoms with E-state index in [0.29, 0.717) is 0 Å². The van der Waals surface area contributed by atoms with E-state index in [4.69, 9.17) is 0 Å². The highest BCUT2D eigenvalue weighted by Crippen LogP contribution is 2.44. The van der Waals surface area contributed by atoms with E-state index in [1.807, 2.05) is 0 Å². The number of benzene rings is 1. The minimum atomic E-state index is -5.63. The Kier molecular flexibility index (Phi) is 8.34. The SMILES string of the molecule is OC1C(C(OCCCI)C(F)(F)F)C(C(F)(F)F)=NN1c1cc(C(F)(F)F)cc(C(F)(F)F)c1. The van der Waals surface area contributed by atoms with Crippen LogP contribution in [0.5, 0.6) is 0 Å². The number of rotatable bonds is 6. The number of ether oxygens (including phenoxy) is 1. The van der Waals surface area contributed by atoms with E-state index in [9.17, 15) is 57.8 Å². The summed E-state index contributed by atoms with van der Waals surface area (Å²) in [5.74, 6) is -3.02. The van der Waals surface area contributed by atoms with Gasteiger partial charge in [0.25, 0.3) is 0 Å². The van der Waals surface area contributed by atoms with Crippen molar-refractivity contribution in [2.75, 3.05) is 16.0 Å². The molecular formula is C17H13F12IN2O2. The Morgan fingerprint density at radius 2 is 1.38 bits per heavy atom. The first kappa shape index (κ1) is 28.7. The van der Waals surface area contributed by atoms with Gasteiger partial charge in [0.05, 0.1) is 22.7 Å². The fourth-order valence-corrected chi connectivity index (χ4v) is 3.34. The maximum absolute atomic E-state index is 13.5. The van der Waals surface area contributed by atoms with Crippen molar-refractivity contribution in [3.05, 3.63) is 29.3 Å². The summed E-state index contributed by atoms with van der Waals surface area (Å²) in [6, 6.07) is -0.487. The van der Waals surface area contributed by atoms with Gasteiger partial charge in [0.15, 0.2) is 18.0 Å². The number of hydrogen-bond acceptors (Lipinski definition) is 4. The maximum atomic E-state index is 13.5. The van der Waals surface area contributed by atoms with Gasteiger partial charge in [-0.25, -0.2) is 5.01 Å². The van der Waals surface area contributed by atoms with E-state index in [1.54, 1.807) is 22.6 Å². The van der Waals surface area contributed by atoms with Crippen molar-refractivity contribution in [3.63, 3.8) is 0 Å². The number of hydrogen-bond donors (Lipinski definition) is 1. The molecule has 1 aliphatic rings. The van der Waals surface area contributed by atoms with E-state index < -0.39 is 72.1 Å². The molecule has 3 unspecified atom stereocenters. The lowest BCUT2D eigenvalue weighted by Crippen LogP contribution is -2.51. The fourth-order valence-electron chi connectivity index (χ4n) is 3.03. The van der Waals surface area contributed by atoms with Crippen LogP contribution in [-0.2, 0) is 17.1 Å². The Morgan fingerprint density at radius 3 is 1.76 bits per heavy atom. The number of alkyl halides is 13. The first-order valence-corrected chi connectivity index (χ1v) is 10.5. The number of aliphatic hydroxyl groups excluding tert-OH is 1. The predicted octanol–water partition coefficient (Wildman–Crippen LogP) is 6.17. The number of halogens is 13. The van der Waals surface area contributed by atoms with E-state index in [2.05, 4.69) is 9.84 Å². The van der Waals surface area contributed by atoms with Crippen LogP contribution < -0.4 is 5.01 Å². The summed E-state index contributed by atoms with van der Waals surface area (Å²) >= 11 is 1.75. The average molecular weight is 632 g/mol.